The summed E-state index contributed by atoms with van der Waals surface area (Å²) in [7, 11) is 2.07. The third-order valence-electron chi connectivity index (χ3n) is 6.59. The fraction of sp³-hybridized carbons (Fsp3) is 0.194. The van der Waals surface area contributed by atoms with E-state index in [2.05, 4.69) is 27.1 Å². The number of piperazine rings is 1. The minimum atomic E-state index is -0.678. The smallest absolute Gasteiger partial charge is 0.251 e. The maximum atomic E-state index is 15.1. The van der Waals surface area contributed by atoms with Gasteiger partial charge in [-0.05, 0) is 68.7 Å². The van der Waals surface area contributed by atoms with Crippen LogP contribution in [-0.4, -0.2) is 55.4 Å². The average molecular weight is 575 g/mol. The number of rotatable bonds is 10. The lowest BCUT2D eigenvalue weighted by atomic mass is 10.2. The lowest BCUT2D eigenvalue weighted by Gasteiger charge is -2.34. The number of nitrogens with one attached hydrogen (secondary N) is 1. The Balaban J connectivity index is 1.43. The Morgan fingerprint density at radius 1 is 1.07 bits per heavy atom. The summed E-state index contributed by atoms with van der Waals surface area (Å²) in [4.78, 5) is 34.2. The van der Waals surface area contributed by atoms with Crippen molar-refractivity contribution in [1.29, 1.82) is 0 Å². The highest BCUT2D eigenvalue weighted by atomic mass is 19.1. The molecule has 2 amide bonds. The highest BCUT2D eigenvalue weighted by Gasteiger charge is 2.18. The van der Waals surface area contributed by atoms with Gasteiger partial charge in [0.05, 0.1) is 11.9 Å². The standard InChI is InChI=1S/C31H32F2N6O3/c1-22(4-3-13-39(21-40)25-8-5-23(32)6-9-25)31(41)36-24-7-10-29(27(33)18-24)42-30-19-26(20-35-28(30)11-12-34)38-16-14-37(2)15-17-38/h3-13,18-21H,14-17,34H2,1-2H3,(H,36,41)/b12-11?,13-3-,22-4+. The summed E-state index contributed by atoms with van der Waals surface area (Å²) in [5, 5.41) is 2.64. The highest BCUT2D eigenvalue weighted by Crippen LogP contribution is 2.32. The number of carbonyl (C=O) groups is 2. The Kier molecular flexibility index (Phi) is 10.0. The second-order valence-electron chi connectivity index (χ2n) is 9.61. The van der Waals surface area contributed by atoms with Crippen LogP contribution in [0, 0.1) is 11.6 Å². The van der Waals surface area contributed by atoms with Gasteiger partial charge in [-0.1, -0.05) is 6.08 Å². The van der Waals surface area contributed by atoms with Crippen molar-refractivity contribution < 1.29 is 23.1 Å². The second kappa shape index (κ2) is 14.0. The molecule has 2 aromatic carbocycles. The zero-order valence-corrected chi connectivity index (χ0v) is 23.3. The number of amides is 2. The number of allylic oxidation sites excluding steroid dienone is 2. The van der Waals surface area contributed by atoms with Crippen LogP contribution in [0.2, 0.25) is 0 Å². The van der Waals surface area contributed by atoms with E-state index in [1.165, 1.54) is 65.9 Å². The van der Waals surface area contributed by atoms with E-state index >= 15 is 4.39 Å². The Morgan fingerprint density at radius 3 is 2.48 bits per heavy atom. The predicted molar refractivity (Wildman–Crippen MR) is 160 cm³/mol. The summed E-state index contributed by atoms with van der Waals surface area (Å²) < 4.78 is 34.1. The third kappa shape index (κ3) is 7.79. The number of benzene rings is 2. The number of halogens is 2. The lowest BCUT2D eigenvalue weighted by Crippen LogP contribution is -2.44. The van der Waals surface area contributed by atoms with Gasteiger partial charge >= 0.3 is 0 Å². The van der Waals surface area contributed by atoms with Gasteiger partial charge in [0.15, 0.2) is 17.3 Å². The molecule has 1 fully saturated rings. The molecule has 0 aliphatic carbocycles. The minimum absolute atomic E-state index is 0.0399. The fourth-order valence-corrected chi connectivity index (χ4v) is 4.14. The maximum absolute atomic E-state index is 15.1. The summed E-state index contributed by atoms with van der Waals surface area (Å²) in [6, 6.07) is 11.3. The first kappa shape index (κ1) is 29.9. The van der Waals surface area contributed by atoms with Crippen molar-refractivity contribution >= 4 is 35.5 Å². The number of aromatic nitrogens is 1. The number of likely N-dealkylation sites (N-methyl/N-ethyl adjacent to an activating group) is 1. The molecule has 1 aliphatic heterocycles. The Labute approximate surface area is 243 Å². The number of carbonyl (C=O) groups excluding carboxylic acids is 2. The summed E-state index contributed by atoms with van der Waals surface area (Å²) in [6.45, 7) is 5.07. The van der Waals surface area contributed by atoms with E-state index in [1.54, 1.807) is 19.2 Å². The Hall–Kier alpha value is -5.03. The topological polar surface area (TPSA) is 104 Å². The van der Waals surface area contributed by atoms with Crippen molar-refractivity contribution in [2.75, 3.05) is 48.3 Å². The summed E-state index contributed by atoms with van der Waals surface area (Å²) in [5.41, 5.74) is 7.89. The molecule has 1 saturated heterocycles. The van der Waals surface area contributed by atoms with Gasteiger partial charge in [-0.15, -0.1) is 0 Å². The van der Waals surface area contributed by atoms with E-state index in [0.29, 0.717) is 29.1 Å². The third-order valence-corrected chi connectivity index (χ3v) is 6.59. The van der Waals surface area contributed by atoms with Crippen LogP contribution in [0.1, 0.15) is 12.6 Å². The molecule has 0 spiro atoms. The van der Waals surface area contributed by atoms with Crippen molar-refractivity contribution in [1.82, 2.24) is 9.88 Å². The number of ether oxygens (including phenoxy) is 1. The highest BCUT2D eigenvalue weighted by molar-refractivity contribution is 6.03. The molecule has 11 heteroatoms. The fourth-order valence-electron chi connectivity index (χ4n) is 4.14. The Bertz CT molecular complexity index is 1500. The monoisotopic (exact) mass is 574 g/mol. The lowest BCUT2D eigenvalue weighted by molar-refractivity contribution is -0.112. The SMILES string of the molecule is C/C(=C\C=C/N(C=O)c1ccc(F)cc1)C(=O)Nc1ccc(Oc2cc(N3CCN(C)CC3)cnc2C=CN)c(F)c1. The number of pyridine rings is 1. The quantitative estimate of drug-likeness (QED) is 0.202. The van der Waals surface area contributed by atoms with E-state index in [9.17, 15) is 14.0 Å². The maximum Gasteiger partial charge on any atom is 0.251 e. The molecule has 0 atom stereocenters. The number of nitrogens with zero attached hydrogens (tertiary/aromatic N) is 4. The second-order valence-corrected chi connectivity index (χ2v) is 9.61. The van der Waals surface area contributed by atoms with Crippen LogP contribution in [0.4, 0.5) is 25.8 Å². The molecule has 1 aliphatic rings. The minimum Gasteiger partial charge on any atom is -0.452 e. The van der Waals surface area contributed by atoms with Crippen LogP contribution < -0.4 is 25.6 Å². The van der Waals surface area contributed by atoms with Gasteiger partial charge in [-0.25, -0.2) is 8.78 Å². The molecule has 4 rings (SSSR count). The van der Waals surface area contributed by atoms with E-state index in [0.717, 1.165) is 37.9 Å². The van der Waals surface area contributed by atoms with Crippen molar-refractivity contribution in [3.63, 3.8) is 0 Å². The molecule has 1 aromatic heterocycles. The van der Waals surface area contributed by atoms with Crippen molar-refractivity contribution in [2.45, 2.75) is 6.92 Å². The van der Waals surface area contributed by atoms with Crippen LogP contribution in [0.5, 0.6) is 11.5 Å². The predicted octanol–water partition coefficient (Wildman–Crippen LogP) is 4.89. The van der Waals surface area contributed by atoms with Gasteiger partial charge in [0.25, 0.3) is 5.91 Å². The Morgan fingerprint density at radius 2 is 1.81 bits per heavy atom. The van der Waals surface area contributed by atoms with E-state index in [4.69, 9.17) is 10.5 Å². The van der Waals surface area contributed by atoms with Crippen LogP contribution in [0.25, 0.3) is 6.08 Å². The molecule has 0 bridgehead atoms. The first-order valence-electron chi connectivity index (χ1n) is 13.2. The van der Waals surface area contributed by atoms with Crippen LogP contribution in [-0.2, 0) is 9.59 Å². The van der Waals surface area contributed by atoms with Crippen LogP contribution >= 0.6 is 0 Å². The number of hydrogen-bond acceptors (Lipinski definition) is 7. The molecule has 9 nitrogen and oxygen atoms in total. The van der Waals surface area contributed by atoms with Crippen molar-refractivity contribution in [3.8, 4) is 11.5 Å². The van der Waals surface area contributed by atoms with E-state index in [1.807, 2.05) is 6.07 Å². The van der Waals surface area contributed by atoms with Gasteiger partial charge in [-0.2, -0.15) is 0 Å². The zero-order chi connectivity index (χ0) is 30.1. The van der Waals surface area contributed by atoms with Crippen molar-refractivity contribution in [2.24, 2.45) is 5.73 Å². The first-order chi connectivity index (χ1) is 20.3. The van der Waals surface area contributed by atoms with Gasteiger partial charge in [-0.3, -0.25) is 19.5 Å². The molecule has 0 radical (unpaired) electrons. The summed E-state index contributed by atoms with van der Waals surface area (Å²) in [5.74, 6) is -1.26. The molecule has 2 heterocycles. The number of hydrogen-bond donors (Lipinski definition) is 2. The zero-order valence-electron chi connectivity index (χ0n) is 23.3. The molecular weight excluding hydrogens is 542 g/mol. The van der Waals surface area contributed by atoms with Gasteiger partial charge in [0.2, 0.25) is 6.41 Å². The molecule has 3 N–H and O–H groups in total. The van der Waals surface area contributed by atoms with Gasteiger partial charge < -0.3 is 25.6 Å². The molecule has 218 valence electrons. The van der Waals surface area contributed by atoms with Crippen LogP contribution in [0.3, 0.4) is 0 Å². The summed E-state index contributed by atoms with van der Waals surface area (Å²) in [6.07, 6.45) is 9.65. The first-order valence-corrected chi connectivity index (χ1v) is 13.2. The van der Waals surface area contributed by atoms with Crippen molar-refractivity contribution in [3.05, 3.63) is 102 Å². The van der Waals surface area contributed by atoms with Crippen LogP contribution in [0.15, 0.2) is 84.9 Å². The number of nitrogens with two attached hydrogens (primary N) is 1. The van der Waals surface area contributed by atoms with E-state index in [-0.39, 0.29) is 11.4 Å². The molecule has 0 saturated carbocycles. The van der Waals surface area contributed by atoms with Gasteiger partial charge in [0, 0.05) is 61.5 Å². The molecule has 42 heavy (non-hydrogen) atoms. The summed E-state index contributed by atoms with van der Waals surface area (Å²) >= 11 is 0. The molecular formula is C31H32F2N6O3. The van der Waals surface area contributed by atoms with E-state index < -0.39 is 17.5 Å². The average Bonchev–Trinajstić information content (AvgIpc) is 2.98. The molecule has 0 unspecified atom stereocenters. The number of anilines is 3. The normalized spacial score (nSPS) is 14.4. The molecule has 3 aromatic rings. The largest absolute Gasteiger partial charge is 0.452 e. The van der Waals surface area contributed by atoms with Gasteiger partial charge in [0.1, 0.15) is 11.5 Å².